The molecule has 2 aliphatic rings. The monoisotopic (exact) mass is 463 g/mol. The smallest absolute Gasteiger partial charge is 0.245 e. The fourth-order valence-electron chi connectivity index (χ4n) is 5.22. The molecule has 6 heteroatoms. The first-order valence-electron chi connectivity index (χ1n) is 12.7. The zero-order chi connectivity index (χ0) is 23.9. The molecule has 2 aromatic carbocycles. The van der Waals surface area contributed by atoms with E-state index >= 15 is 0 Å². The predicted octanol–water partition coefficient (Wildman–Crippen LogP) is 4.82. The van der Waals surface area contributed by atoms with E-state index in [9.17, 15) is 9.59 Å². The number of ether oxygens (including phenoxy) is 1. The van der Waals surface area contributed by atoms with E-state index in [0.717, 1.165) is 49.2 Å². The Morgan fingerprint density at radius 1 is 1.00 bits per heavy atom. The number of amides is 2. The lowest BCUT2D eigenvalue weighted by Gasteiger charge is -2.31. The highest BCUT2D eigenvalue weighted by atomic mass is 16.5. The van der Waals surface area contributed by atoms with E-state index in [-0.39, 0.29) is 23.9 Å². The average Bonchev–Trinajstić information content (AvgIpc) is 3.56. The number of nitrogens with one attached hydrogen (secondary N) is 2. The van der Waals surface area contributed by atoms with Gasteiger partial charge < -0.3 is 20.3 Å². The van der Waals surface area contributed by atoms with Crippen LogP contribution >= 0.6 is 0 Å². The standard InChI is InChI=1S/C28H37N3O3/c1-20(29-2)27(32)30-25(18-21-10-6-7-11-21)28(33)31-17-9-16-26(31)22-12-8-15-24(19-22)34-23-13-4-3-5-14-23/h3-5,8,12-15,19-21,25-26,29H,6-7,9-11,16-18H2,1-2H3,(H,30,32)/t20-,25-,26-/m0/s1. The molecule has 1 heterocycles. The first-order valence-corrected chi connectivity index (χ1v) is 12.7. The van der Waals surface area contributed by atoms with Crippen LogP contribution in [-0.2, 0) is 9.59 Å². The summed E-state index contributed by atoms with van der Waals surface area (Å²) in [5, 5.41) is 6.05. The van der Waals surface area contributed by atoms with Crippen molar-refractivity contribution in [3.05, 3.63) is 60.2 Å². The minimum absolute atomic E-state index is 0.00322. The van der Waals surface area contributed by atoms with Gasteiger partial charge in [-0.1, -0.05) is 56.0 Å². The first kappa shape index (κ1) is 24.3. The van der Waals surface area contributed by atoms with Gasteiger partial charge in [-0.3, -0.25) is 9.59 Å². The van der Waals surface area contributed by atoms with Crippen molar-refractivity contribution in [3.8, 4) is 11.5 Å². The van der Waals surface area contributed by atoms with Crippen LogP contribution in [-0.4, -0.2) is 42.4 Å². The molecule has 1 saturated heterocycles. The van der Waals surface area contributed by atoms with Crippen molar-refractivity contribution in [3.63, 3.8) is 0 Å². The van der Waals surface area contributed by atoms with Crippen molar-refractivity contribution >= 4 is 11.8 Å². The molecule has 1 aliphatic carbocycles. The summed E-state index contributed by atoms with van der Waals surface area (Å²) in [5.41, 5.74) is 1.08. The third-order valence-corrected chi connectivity index (χ3v) is 7.24. The van der Waals surface area contributed by atoms with Gasteiger partial charge in [0.15, 0.2) is 0 Å². The van der Waals surface area contributed by atoms with Crippen molar-refractivity contribution in [2.24, 2.45) is 5.92 Å². The van der Waals surface area contributed by atoms with Gasteiger partial charge in [-0.15, -0.1) is 0 Å². The predicted molar refractivity (Wildman–Crippen MR) is 134 cm³/mol. The molecule has 2 amide bonds. The van der Waals surface area contributed by atoms with Crippen molar-refractivity contribution in [1.82, 2.24) is 15.5 Å². The number of hydrogen-bond donors (Lipinski definition) is 2. The average molecular weight is 464 g/mol. The van der Waals surface area contributed by atoms with Crippen molar-refractivity contribution in [1.29, 1.82) is 0 Å². The van der Waals surface area contributed by atoms with Gasteiger partial charge in [-0.2, -0.15) is 0 Å². The summed E-state index contributed by atoms with van der Waals surface area (Å²) in [6.45, 7) is 2.54. The van der Waals surface area contributed by atoms with Gasteiger partial charge in [0.25, 0.3) is 0 Å². The summed E-state index contributed by atoms with van der Waals surface area (Å²) in [4.78, 5) is 28.5. The summed E-state index contributed by atoms with van der Waals surface area (Å²) in [6.07, 6.45) is 7.31. The van der Waals surface area contributed by atoms with Crippen molar-refractivity contribution in [2.75, 3.05) is 13.6 Å². The van der Waals surface area contributed by atoms with Gasteiger partial charge in [0.05, 0.1) is 12.1 Å². The Bertz CT molecular complexity index is 958. The van der Waals surface area contributed by atoms with Crippen LogP contribution in [0.2, 0.25) is 0 Å². The van der Waals surface area contributed by atoms with Crippen LogP contribution in [0.3, 0.4) is 0 Å². The van der Waals surface area contributed by atoms with Gasteiger partial charge in [-0.25, -0.2) is 0 Å². The minimum Gasteiger partial charge on any atom is -0.457 e. The van der Waals surface area contributed by atoms with Crippen LogP contribution in [0.1, 0.15) is 63.5 Å². The summed E-state index contributed by atoms with van der Waals surface area (Å²) in [7, 11) is 1.76. The molecule has 2 aromatic rings. The summed E-state index contributed by atoms with van der Waals surface area (Å²) in [5.74, 6) is 1.98. The maximum absolute atomic E-state index is 13.8. The molecule has 0 unspecified atom stereocenters. The summed E-state index contributed by atoms with van der Waals surface area (Å²) < 4.78 is 6.03. The van der Waals surface area contributed by atoms with Gasteiger partial charge in [0, 0.05) is 6.54 Å². The Morgan fingerprint density at radius 2 is 1.74 bits per heavy atom. The van der Waals surface area contributed by atoms with E-state index in [1.165, 1.54) is 12.8 Å². The zero-order valence-corrected chi connectivity index (χ0v) is 20.3. The fourth-order valence-corrected chi connectivity index (χ4v) is 5.22. The fraction of sp³-hybridized carbons (Fsp3) is 0.500. The number of carbonyl (C=O) groups is 2. The van der Waals surface area contributed by atoms with Crippen LogP contribution in [0.4, 0.5) is 0 Å². The molecule has 6 nitrogen and oxygen atoms in total. The van der Waals surface area contributed by atoms with E-state index in [4.69, 9.17) is 4.74 Å². The Balaban J connectivity index is 1.51. The molecule has 0 radical (unpaired) electrons. The van der Waals surface area contributed by atoms with Gasteiger partial charge in [-0.05, 0) is 69.0 Å². The molecule has 0 aromatic heterocycles. The molecule has 0 spiro atoms. The lowest BCUT2D eigenvalue weighted by molar-refractivity contribution is -0.138. The molecule has 2 N–H and O–H groups in total. The third kappa shape index (κ3) is 5.98. The molecule has 2 fully saturated rings. The summed E-state index contributed by atoms with van der Waals surface area (Å²) >= 11 is 0. The number of hydrogen-bond acceptors (Lipinski definition) is 4. The van der Waals surface area contributed by atoms with Crippen LogP contribution in [0, 0.1) is 5.92 Å². The normalized spacial score (nSPS) is 20.2. The molecular weight excluding hydrogens is 426 g/mol. The summed E-state index contributed by atoms with van der Waals surface area (Å²) in [6, 6.07) is 16.9. The zero-order valence-electron chi connectivity index (χ0n) is 20.3. The number of likely N-dealkylation sites (tertiary alicyclic amines) is 1. The van der Waals surface area contributed by atoms with Gasteiger partial charge in [0.1, 0.15) is 17.5 Å². The second-order valence-corrected chi connectivity index (χ2v) is 9.63. The van der Waals surface area contributed by atoms with Gasteiger partial charge >= 0.3 is 0 Å². The molecule has 3 atom stereocenters. The third-order valence-electron chi connectivity index (χ3n) is 7.24. The number of para-hydroxylation sites is 1. The Kier molecular flexibility index (Phi) is 8.22. The van der Waals surface area contributed by atoms with Crippen molar-refractivity contribution < 1.29 is 14.3 Å². The SMILES string of the molecule is CN[C@@H](C)C(=O)N[C@@H](CC1CCCC1)C(=O)N1CCC[C@H]1c1cccc(Oc2ccccc2)c1. The highest BCUT2D eigenvalue weighted by molar-refractivity contribution is 5.90. The number of carbonyl (C=O) groups excluding carboxylic acids is 2. The number of likely N-dealkylation sites (N-methyl/N-ethyl adjacent to an activating group) is 1. The molecule has 1 aliphatic heterocycles. The Labute approximate surface area is 203 Å². The van der Waals surface area contributed by atoms with Crippen LogP contribution in [0.5, 0.6) is 11.5 Å². The number of rotatable bonds is 9. The van der Waals surface area contributed by atoms with Crippen LogP contribution < -0.4 is 15.4 Å². The quantitative estimate of drug-likeness (QED) is 0.560. The Hall–Kier alpha value is -2.86. The van der Waals surface area contributed by atoms with Crippen LogP contribution in [0.25, 0.3) is 0 Å². The van der Waals surface area contributed by atoms with E-state index in [1.54, 1.807) is 7.05 Å². The minimum atomic E-state index is -0.476. The molecule has 34 heavy (non-hydrogen) atoms. The molecule has 182 valence electrons. The lowest BCUT2D eigenvalue weighted by atomic mass is 9.96. The highest BCUT2D eigenvalue weighted by Gasteiger charge is 2.36. The number of benzene rings is 2. The molecule has 0 bridgehead atoms. The second kappa shape index (κ2) is 11.5. The maximum Gasteiger partial charge on any atom is 0.245 e. The van der Waals surface area contributed by atoms with E-state index in [1.807, 2.05) is 60.4 Å². The Morgan fingerprint density at radius 3 is 2.47 bits per heavy atom. The maximum atomic E-state index is 13.8. The largest absolute Gasteiger partial charge is 0.457 e. The second-order valence-electron chi connectivity index (χ2n) is 9.63. The van der Waals surface area contributed by atoms with Crippen molar-refractivity contribution in [2.45, 2.75) is 70.0 Å². The van der Waals surface area contributed by atoms with E-state index < -0.39 is 6.04 Å². The molecular formula is C28H37N3O3. The molecule has 1 saturated carbocycles. The molecule has 4 rings (SSSR count). The van der Waals surface area contributed by atoms with Crippen LogP contribution in [0.15, 0.2) is 54.6 Å². The number of nitrogens with zero attached hydrogens (tertiary/aromatic N) is 1. The topological polar surface area (TPSA) is 70.7 Å². The van der Waals surface area contributed by atoms with E-state index in [2.05, 4.69) is 16.7 Å². The van der Waals surface area contributed by atoms with E-state index in [0.29, 0.717) is 12.5 Å². The first-order chi connectivity index (χ1) is 16.5. The highest BCUT2D eigenvalue weighted by Crippen LogP contribution is 2.36. The van der Waals surface area contributed by atoms with Gasteiger partial charge in [0.2, 0.25) is 11.8 Å². The lowest BCUT2D eigenvalue weighted by Crippen LogP contribution is -2.52.